The van der Waals surface area contributed by atoms with Gasteiger partial charge in [-0.1, -0.05) is 59.3 Å². The number of halogens is 1. The van der Waals surface area contributed by atoms with Gasteiger partial charge in [0.25, 0.3) is 0 Å². The fourth-order valence-electron chi connectivity index (χ4n) is 2.05. The van der Waals surface area contributed by atoms with Gasteiger partial charge in [0.2, 0.25) is 0 Å². The molecule has 80 valence electrons. The molecule has 1 fully saturated rings. The second-order valence-corrected chi connectivity index (χ2v) is 5.16. The van der Waals surface area contributed by atoms with E-state index in [4.69, 9.17) is 0 Å². The molecule has 0 bridgehead atoms. The smallest absolute Gasteiger partial charge is 1.00 e. The average molecular weight is 273 g/mol. The van der Waals surface area contributed by atoms with Gasteiger partial charge in [0.1, 0.15) is 0 Å². The molecule has 1 saturated carbocycles. The first kappa shape index (κ1) is 17.6. The van der Waals surface area contributed by atoms with E-state index in [9.17, 15) is 5.11 Å². The summed E-state index contributed by atoms with van der Waals surface area (Å²) in [6, 6.07) is 0. The van der Waals surface area contributed by atoms with Crippen LogP contribution in [0.4, 0.5) is 0 Å². The molecule has 1 aliphatic carbocycles. The molecule has 0 aliphatic heterocycles. The molecule has 0 N–H and O–H groups in total. The monoisotopic (exact) mass is 272 g/mol. The van der Waals surface area contributed by atoms with Crippen molar-refractivity contribution in [2.24, 2.45) is 5.41 Å². The van der Waals surface area contributed by atoms with Crippen molar-refractivity contribution < 1.29 is 22.1 Å². The van der Waals surface area contributed by atoms with Gasteiger partial charge in [0.05, 0.1) is 0 Å². The molecule has 3 heteroatoms. The molecule has 1 nitrogen and oxygen atoms in total. The van der Waals surface area contributed by atoms with Crippen molar-refractivity contribution in [1.29, 1.82) is 0 Å². The van der Waals surface area contributed by atoms with Gasteiger partial charge >= 0.3 is 23.1 Å². The fourth-order valence-corrected chi connectivity index (χ4v) is 2.05. The second-order valence-electron chi connectivity index (χ2n) is 5.16. The first-order valence-corrected chi connectivity index (χ1v) is 5.16. The summed E-state index contributed by atoms with van der Waals surface area (Å²) in [5.41, 5.74) is -0.707. The summed E-state index contributed by atoms with van der Waals surface area (Å²) in [6.45, 7) is 6.27. The molecule has 0 spiro atoms. The van der Waals surface area contributed by atoms with Crippen LogP contribution >= 0.6 is 0 Å². The van der Waals surface area contributed by atoms with Crippen LogP contribution in [0, 0.1) is 5.41 Å². The summed E-state index contributed by atoms with van der Waals surface area (Å²) in [7, 11) is 0. The Balaban J connectivity index is 0. The van der Waals surface area contributed by atoms with Crippen molar-refractivity contribution in [3.63, 3.8) is 0 Å². The summed E-state index contributed by atoms with van der Waals surface area (Å²) in [5, 5.41) is 12.4. The van der Waals surface area contributed by atoms with Crippen LogP contribution < -0.4 is 22.1 Å². The SMILES string of the molecule is CC(C)(C)C1([O-])CCCCCC1.[Br-].[Mg+2]. The largest absolute Gasteiger partial charge is 2.00 e. The van der Waals surface area contributed by atoms with E-state index in [1.54, 1.807) is 0 Å². The van der Waals surface area contributed by atoms with Gasteiger partial charge < -0.3 is 22.1 Å². The van der Waals surface area contributed by atoms with Crippen molar-refractivity contribution in [3.8, 4) is 0 Å². The van der Waals surface area contributed by atoms with E-state index in [1.807, 2.05) is 0 Å². The third-order valence-corrected chi connectivity index (χ3v) is 3.28. The molecular weight excluding hydrogens is 252 g/mol. The van der Waals surface area contributed by atoms with E-state index in [-0.39, 0.29) is 45.4 Å². The predicted octanol–water partition coefficient (Wildman–Crippen LogP) is -0.891. The Morgan fingerprint density at radius 1 is 0.929 bits per heavy atom. The molecule has 0 radical (unpaired) electrons. The summed E-state index contributed by atoms with van der Waals surface area (Å²) in [4.78, 5) is 0. The maximum absolute atomic E-state index is 12.4. The third-order valence-electron chi connectivity index (χ3n) is 3.28. The summed E-state index contributed by atoms with van der Waals surface area (Å²) < 4.78 is 0. The number of hydrogen-bond donors (Lipinski definition) is 0. The Morgan fingerprint density at radius 3 is 1.57 bits per heavy atom. The molecule has 0 amide bonds. The van der Waals surface area contributed by atoms with Crippen LogP contribution in [-0.2, 0) is 0 Å². The molecule has 0 aromatic carbocycles. The van der Waals surface area contributed by atoms with Crippen LogP contribution in [0.1, 0.15) is 59.3 Å². The van der Waals surface area contributed by atoms with Crippen LogP contribution in [0.25, 0.3) is 0 Å². The first-order valence-electron chi connectivity index (χ1n) is 5.16. The molecule has 0 unspecified atom stereocenters. The molecule has 0 atom stereocenters. The predicted molar refractivity (Wildman–Crippen MR) is 55.6 cm³/mol. The number of rotatable bonds is 0. The Bertz CT molecular complexity index is 146. The molecule has 0 aromatic heterocycles. The zero-order chi connectivity index (χ0) is 9.24. The van der Waals surface area contributed by atoms with E-state index < -0.39 is 5.60 Å². The third kappa shape index (κ3) is 4.38. The summed E-state index contributed by atoms with van der Waals surface area (Å²) in [6.07, 6.45) is 6.58. The van der Waals surface area contributed by atoms with Crippen molar-refractivity contribution >= 4 is 23.1 Å². The van der Waals surface area contributed by atoms with Gasteiger partial charge in [-0.15, -0.1) is 5.60 Å². The van der Waals surface area contributed by atoms with E-state index in [2.05, 4.69) is 20.8 Å². The fraction of sp³-hybridized carbons (Fsp3) is 1.00. The molecule has 1 rings (SSSR count). The maximum atomic E-state index is 12.4. The Hall–Kier alpha value is 1.21. The van der Waals surface area contributed by atoms with Gasteiger partial charge in [0.15, 0.2) is 0 Å². The van der Waals surface area contributed by atoms with Crippen molar-refractivity contribution in [2.45, 2.75) is 64.9 Å². The minimum absolute atomic E-state index is 0. The van der Waals surface area contributed by atoms with Crippen LogP contribution in [0.15, 0.2) is 0 Å². The summed E-state index contributed by atoms with van der Waals surface area (Å²) >= 11 is 0. The van der Waals surface area contributed by atoms with Gasteiger partial charge in [-0.05, 0) is 5.41 Å². The van der Waals surface area contributed by atoms with E-state index in [1.165, 1.54) is 12.8 Å². The van der Waals surface area contributed by atoms with E-state index in [0.29, 0.717) is 0 Å². The molecule has 14 heavy (non-hydrogen) atoms. The second kappa shape index (κ2) is 6.72. The molecule has 0 saturated heterocycles. The van der Waals surface area contributed by atoms with E-state index in [0.717, 1.165) is 25.7 Å². The standard InChI is InChI=1S/C11H21O.BrH.Mg/c1-10(2,3)11(12)8-6-4-5-7-9-11;;/h4-9H2,1-3H3;1H;/q-1;;+2/p-1. The normalized spacial score (nSPS) is 21.4. The van der Waals surface area contributed by atoms with Gasteiger partial charge in [-0.2, -0.15) is 0 Å². The Morgan fingerprint density at radius 2 is 1.29 bits per heavy atom. The topological polar surface area (TPSA) is 23.1 Å². The zero-order valence-electron chi connectivity index (χ0n) is 9.74. The number of hydrogen-bond acceptors (Lipinski definition) is 1. The van der Waals surface area contributed by atoms with Gasteiger partial charge in [0, 0.05) is 0 Å². The molecular formula is C11H21BrMgO. The minimum atomic E-state index is -0.649. The van der Waals surface area contributed by atoms with Gasteiger partial charge in [-0.25, -0.2) is 0 Å². The molecule has 1 aliphatic rings. The van der Waals surface area contributed by atoms with Crippen LogP contribution in [-0.4, -0.2) is 28.7 Å². The van der Waals surface area contributed by atoms with Gasteiger partial charge in [-0.3, -0.25) is 0 Å². The quantitative estimate of drug-likeness (QED) is 0.415. The Kier molecular flexibility index (Phi) is 8.44. The van der Waals surface area contributed by atoms with Crippen molar-refractivity contribution in [2.75, 3.05) is 0 Å². The first-order chi connectivity index (χ1) is 5.46. The molecule has 0 aromatic rings. The van der Waals surface area contributed by atoms with Crippen LogP contribution in [0.2, 0.25) is 0 Å². The minimum Gasteiger partial charge on any atom is -1.00 e. The Labute approximate surface area is 115 Å². The zero-order valence-corrected chi connectivity index (χ0v) is 12.7. The van der Waals surface area contributed by atoms with Crippen molar-refractivity contribution in [3.05, 3.63) is 0 Å². The van der Waals surface area contributed by atoms with Crippen LogP contribution in [0.3, 0.4) is 0 Å². The maximum Gasteiger partial charge on any atom is 2.00 e. The van der Waals surface area contributed by atoms with Crippen LogP contribution in [0.5, 0.6) is 0 Å². The molecule has 0 heterocycles. The summed E-state index contributed by atoms with van der Waals surface area (Å²) in [5.74, 6) is 0. The average Bonchev–Trinajstić information content (AvgIpc) is 2.12. The van der Waals surface area contributed by atoms with E-state index >= 15 is 0 Å². The van der Waals surface area contributed by atoms with Crippen molar-refractivity contribution in [1.82, 2.24) is 0 Å².